The van der Waals surface area contributed by atoms with Crippen LogP contribution in [0.2, 0.25) is 0 Å². The van der Waals surface area contributed by atoms with Gasteiger partial charge in [-0.1, -0.05) is 154 Å². The van der Waals surface area contributed by atoms with Crippen LogP contribution in [0.5, 0.6) is 0 Å². The van der Waals surface area contributed by atoms with Crippen molar-refractivity contribution < 1.29 is 0 Å². The molecule has 0 saturated carbocycles. The lowest BCUT2D eigenvalue weighted by Gasteiger charge is -2.24. The van der Waals surface area contributed by atoms with E-state index >= 15 is 0 Å². The molecule has 0 fully saturated rings. The van der Waals surface area contributed by atoms with E-state index in [1.54, 1.807) is 12.1 Å². The zero-order chi connectivity index (χ0) is 38.2. The average Bonchev–Trinajstić information content (AvgIpc) is 3.77. The fourth-order valence-electron chi connectivity index (χ4n) is 7.94. The van der Waals surface area contributed by atoms with Gasteiger partial charge in [0.1, 0.15) is 59.1 Å². The largest absolute Gasteiger partial charge is 0.344 e. The van der Waals surface area contributed by atoms with E-state index in [0.29, 0.717) is 44.1 Å². The molecule has 56 heavy (non-hydrogen) atoms. The lowest BCUT2D eigenvalue weighted by molar-refractivity contribution is 0.674. The molecule has 0 bridgehead atoms. The van der Waals surface area contributed by atoms with Crippen LogP contribution >= 0.6 is 11.3 Å². The number of thiophene rings is 1. The van der Waals surface area contributed by atoms with Crippen LogP contribution < -0.4 is 38.1 Å². The zero-order valence-corrected chi connectivity index (χ0v) is 30.8. The van der Waals surface area contributed by atoms with Crippen LogP contribution in [0, 0.1) is 0 Å². The first-order valence-electron chi connectivity index (χ1n) is 18.1. The lowest BCUT2D eigenvalue weighted by Crippen LogP contribution is -2.33. The molecule has 4 nitrogen and oxygen atoms in total. The normalized spacial score (nSPS) is 14.3. The number of nitrogens with one attached hydrogen (secondary N) is 1. The highest BCUT2D eigenvalue weighted by molar-refractivity contribution is 7.28. The van der Waals surface area contributed by atoms with E-state index in [0.717, 1.165) is 75.8 Å². The molecule has 1 atom stereocenters. The SMILES string of the molecule is [B]c1cc([B])c2sc3c([B])c([B])c4c(c5cc([B])cc([B])c5n4-c4cccc(C5=NC(c6ccc(-c7ccccc7)cc6)NC(c6ccccc6)=N5)c4)c3c2c1. The van der Waals surface area contributed by atoms with E-state index in [4.69, 9.17) is 57.1 Å². The zero-order valence-electron chi connectivity index (χ0n) is 30.0. The number of amidine groups is 2. The molecular formula is C45H24B6N4S. The number of aliphatic imine (C=N–C) groups is 2. The Kier molecular flexibility index (Phi) is 8.26. The molecule has 9 aromatic rings. The monoisotopic (exact) mass is 718 g/mol. The molecule has 248 valence electrons. The Bertz CT molecular complexity index is 3120. The molecule has 1 aliphatic rings. The van der Waals surface area contributed by atoms with Gasteiger partial charge in [-0.2, -0.15) is 0 Å². The second-order valence-electron chi connectivity index (χ2n) is 14.1. The van der Waals surface area contributed by atoms with Gasteiger partial charge in [0.25, 0.3) is 0 Å². The smallest absolute Gasteiger partial charge is 0.159 e. The van der Waals surface area contributed by atoms with Crippen molar-refractivity contribution >= 4 is 145 Å². The van der Waals surface area contributed by atoms with Gasteiger partial charge in [0.15, 0.2) is 5.84 Å². The molecule has 3 heterocycles. The summed E-state index contributed by atoms with van der Waals surface area (Å²) in [6.45, 7) is 0. The van der Waals surface area contributed by atoms with Gasteiger partial charge in [-0.15, -0.1) is 11.3 Å². The van der Waals surface area contributed by atoms with Gasteiger partial charge >= 0.3 is 0 Å². The third-order valence-electron chi connectivity index (χ3n) is 10.5. The summed E-state index contributed by atoms with van der Waals surface area (Å²) in [7, 11) is 40.1. The molecule has 10 rings (SSSR count). The summed E-state index contributed by atoms with van der Waals surface area (Å²) < 4.78 is 3.77. The third kappa shape index (κ3) is 5.59. The maximum atomic E-state index is 7.04. The van der Waals surface area contributed by atoms with Gasteiger partial charge in [-0.05, 0) is 34.2 Å². The van der Waals surface area contributed by atoms with Crippen LogP contribution in [0.3, 0.4) is 0 Å². The van der Waals surface area contributed by atoms with Crippen LogP contribution in [0.15, 0.2) is 143 Å². The first-order valence-corrected chi connectivity index (χ1v) is 18.9. The fraction of sp³-hybridized carbons (Fsp3) is 0.0222. The molecule has 0 spiro atoms. The molecule has 12 radical (unpaired) electrons. The van der Waals surface area contributed by atoms with Gasteiger partial charge in [-0.3, -0.25) is 0 Å². The van der Waals surface area contributed by atoms with Crippen molar-refractivity contribution in [3.63, 3.8) is 0 Å². The second kappa shape index (κ2) is 13.4. The summed E-state index contributed by atoms with van der Waals surface area (Å²) in [5.41, 5.74) is 10.3. The highest BCUT2D eigenvalue weighted by Gasteiger charge is 2.25. The minimum absolute atomic E-state index is 0.395. The molecule has 0 saturated heterocycles. The Hall–Kier alpha value is -5.91. The number of hydrogen-bond acceptors (Lipinski definition) is 4. The summed E-state index contributed by atoms with van der Waals surface area (Å²) in [5.74, 6) is 1.29. The van der Waals surface area contributed by atoms with E-state index in [9.17, 15) is 0 Å². The van der Waals surface area contributed by atoms with Crippen molar-refractivity contribution in [2.45, 2.75) is 6.17 Å². The number of nitrogens with zero attached hydrogens (tertiary/aromatic N) is 3. The van der Waals surface area contributed by atoms with E-state index in [1.165, 1.54) is 11.3 Å². The first kappa shape index (κ1) is 34.6. The van der Waals surface area contributed by atoms with Crippen molar-refractivity contribution in [3.05, 3.63) is 150 Å². The molecule has 1 unspecified atom stereocenters. The van der Waals surface area contributed by atoms with Crippen molar-refractivity contribution in [3.8, 4) is 16.8 Å². The van der Waals surface area contributed by atoms with E-state index in [2.05, 4.69) is 52.3 Å². The number of aromatic nitrogens is 1. The van der Waals surface area contributed by atoms with Crippen molar-refractivity contribution in [1.29, 1.82) is 0 Å². The summed E-state index contributed by atoms with van der Waals surface area (Å²) in [6, 6.07) is 44.3. The highest BCUT2D eigenvalue weighted by Crippen LogP contribution is 2.41. The molecule has 0 aliphatic carbocycles. The van der Waals surface area contributed by atoms with Gasteiger partial charge in [0, 0.05) is 53.4 Å². The van der Waals surface area contributed by atoms with E-state index < -0.39 is 6.17 Å². The molecule has 2 aromatic heterocycles. The van der Waals surface area contributed by atoms with E-state index in [1.807, 2.05) is 78.9 Å². The quantitative estimate of drug-likeness (QED) is 0.268. The molecule has 1 aliphatic heterocycles. The van der Waals surface area contributed by atoms with Crippen LogP contribution in [0.4, 0.5) is 0 Å². The van der Waals surface area contributed by atoms with Crippen molar-refractivity contribution in [2.24, 2.45) is 9.98 Å². The Morgan fingerprint density at radius 2 is 1.18 bits per heavy atom. The Balaban J connectivity index is 1.19. The van der Waals surface area contributed by atoms with Crippen LogP contribution in [-0.4, -0.2) is 63.3 Å². The highest BCUT2D eigenvalue weighted by atomic mass is 32.1. The average molecular weight is 718 g/mol. The number of hydrogen-bond donors (Lipinski definition) is 1. The molecule has 11 heteroatoms. The predicted molar refractivity (Wildman–Crippen MR) is 243 cm³/mol. The van der Waals surface area contributed by atoms with E-state index in [-0.39, 0.29) is 0 Å². The summed E-state index contributed by atoms with van der Waals surface area (Å²) in [6.07, 6.45) is -0.395. The van der Waals surface area contributed by atoms with Crippen LogP contribution in [-0.2, 0) is 0 Å². The van der Waals surface area contributed by atoms with Gasteiger partial charge in [0.2, 0.25) is 0 Å². The van der Waals surface area contributed by atoms with Gasteiger partial charge in [-0.25, -0.2) is 9.98 Å². The first-order chi connectivity index (χ1) is 27.2. The molecule has 1 N–H and O–H groups in total. The lowest BCUT2D eigenvalue weighted by atomic mass is 9.77. The third-order valence-corrected chi connectivity index (χ3v) is 11.8. The molecule has 0 amide bonds. The minimum atomic E-state index is -0.395. The summed E-state index contributed by atoms with van der Waals surface area (Å²) >= 11 is 1.50. The maximum absolute atomic E-state index is 7.04. The van der Waals surface area contributed by atoms with Crippen LogP contribution in [0.1, 0.15) is 22.9 Å². The summed E-state index contributed by atoms with van der Waals surface area (Å²) in [4.78, 5) is 10.3. The Labute approximate surface area is 336 Å². The topological polar surface area (TPSA) is 41.7 Å². The maximum Gasteiger partial charge on any atom is 0.159 e. The second-order valence-corrected chi connectivity index (χ2v) is 15.1. The minimum Gasteiger partial charge on any atom is -0.344 e. The Morgan fingerprint density at radius 3 is 1.91 bits per heavy atom. The number of rotatable bonds is 5. The van der Waals surface area contributed by atoms with Crippen molar-refractivity contribution in [1.82, 2.24) is 9.88 Å². The molecule has 7 aromatic carbocycles. The van der Waals surface area contributed by atoms with Gasteiger partial charge < -0.3 is 9.88 Å². The van der Waals surface area contributed by atoms with Gasteiger partial charge in [0.05, 0.1) is 0 Å². The Morgan fingerprint density at radius 1 is 0.536 bits per heavy atom. The molecular weight excluding hydrogens is 693 g/mol. The summed E-state index contributed by atoms with van der Waals surface area (Å²) in [5, 5.41) is 7.07. The fourth-order valence-corrected chi connectivity index (χ4v) is 9.13. The number of fused-ring (bicyclic) bond motifs is 7. The van der Waals surface area contributed by atoms with Crippen molar-refractivity contribution in [2.75, 3.05) is 0 Å². The standard InChI is InChI=1S/C45H24B6N4S/c46-28-19-31-35-36-32-20-29(47)22-34(49)41(32)56-42(36)38(51)37(50)40(35)55(39(31)33(48)21-28)30-13-7-12-27(18-30)45-53-43(25-10-5-2-6-11-25)52-44(54-45)26-16-14-24(15-17-26)23-8-3-1-4-9-23/h1-22,44H,(H,52,53,54). The predicted octanol–water partition coefficient (Wildman–Crippen LogP) is 4.08. The number of benzene rings is 7. The van der Waals surface area contributed by atoms with Crippen LogP contribution in [0.25, 0.3) is 58.8 Å².